The van der Waals surface area contributed by atoms with Crippen molar-refractivity contribution in [3.8, 4) is 0 Å². The molecular weight excluding hydrogens is 230 g/mol. The summed E-state index contributed by atoms with van der Waals surface area (Å²) >= 11 is 0. The number of nitrogens with one attached hydrogen (secondary N) is 1. The lowest BCUT2D eigenvalue weighted by atomic mass is 10.0. The predicted octanol–water partition coefficient (Wildman–Crippen LogP) is 2.00. The average Bonchev–Trinajstić information content (AvgIpc) is 2.36. The molecule has 1 N–H and O–H groups in total. The van der Waals surface area contributed by atoms with Crippen molar-refractivity contribution in [2.75, 3.05) is 6.61 Å². The molecule has 0 unspecified atom stereocenters. The van der Waals surface area contributed by atoms with E-state index in [1.54, 1.807) is 31.2 Å². The number of esters is 1. The van der Waals surface area contributed by atoms with Crippen molar-refractivity contribution in [3.05, 3.63) is 35.9 Å². The van der Waals surface area contributed by atoms with E-state index in [0.29, 0.717) is 12.2 Å². The largest absolute Gasteiger partial charge is 0.464 e. The minimum absolute atomic E-state index is 0.0169. The number of carbonyl (C=O) groups is 2. The van der Waals surface area contributed by atoms with E-state index in [9.17, 15) is 9.59 Å². The van der Waals surface area contributed by atoms with Gasteiger partial charge in [0.05, 0.1) is 6.61 Å². The van der Waals surface area contributed by atoms with Gasteiger partial charge < -0.3 is 10.1 Å². The predicted molar refractivity (Wildman–Crippen MR) is 69.2 cm³/mol. The Morgan fingerprint density at radius 1 is 1.22 bits per heavy atom. The number of amides is 1. The molecule has 4 heteroatoms. The Morgan fingerprint density at radius 3 is 2.33 bits per heavy atom. The van der Waals surface area contributed by atoms with Gasteiger partial charge in [-0.05, 0) is 25.0 Å². The summed E-state index contributed by atoms with van der Waals surface area (Å²) in [6.07, 6.45) is 0. The molecule has 0 aliphatic rings. The van der Waals surface area contributed by atoms with Gasteiger partial charge in [0, 0.05) is 5.56 Å². The van der Waals surface area contributed by atoms with Gasteiger partial charge in [-0.15, -0.1) is 0 Å². The molecule has 1 rings (SSSR count). The van der Waals surface area contributed by atoms with Gasteiger partial charge in [-0.2, -0.15) is 0 Å². The highest BCUT2D eigenvalue weighted by molar-refractivity contribution is 5.96. The number of carbonyl (C=O) groups excluding carboxylic acids is 2. The molecule has 0 aliphatic carbocycles. The van der Waals surface area contributed by atoms with Crippen LogP contribution < -0.4 is 5.32 Å². The molecule has 0 radical (unpaired) electrons. The fourth-order valence-corrected chi connectivity index (χ4v) is 1.54. The van der Waals surface area contributed by atoms with E-state index in [4.69, 9.17) is 4.74 Å². The minimum atomic E-state index is -0.613. The van der Waals surface area contributed by atoms with E-state index in [2.05, 4.69) is 5.32 Å². The molecule has 0 bridgehead atoms. The zero-order chi connectivity index (χ0) is 13.5. The van der Waals surface area contributed by atoms with Crippen LogP contribution in [0, 0.1) is 5.92 Å². The van der Waals surface area contributed by atoms with E-state index in [1.807, 2.05) is 19.9 Å². The Kier molecular flexibility index (Phi) is 5.36. The summed E-state index contributed by atoms with van der Waals surface area (Å²) in [5.41, 5.74) is 0.535. The van der Waals surface area contributed by atoms with Crippen LogP contribution in [0.4, 0.5) is 0 Å². The van der Waals surface area contributed by atoms with Crippen LogP contribution in [0.25, 0.3) is 0 Å². The van der Waals surface area contributed by atoms with Gasteiger partial charge in [-0.3, -0.25) is 4.79 Å². The SMILES string of the molecule is CCOC(=O)[C@@H](NC(=O)c1ccccc1)C(C)C. The van der Waals surface area contributed by atoms with Crippen LogP contribution in [0.1, 0.15) is 31.1 Å². The van der Waals surface area contributed by atoms with E-state index < -0.39 is 12.0 Å². The van der Waals surface area contributed by atoms with Crippen molar-refractivity contribution in [3.63, 3.8) is 0 Å². The van der Waals surface area contributed by atoms with Gasteiger partial charge in [0.25, 0.3) is 5.91 Å². The van der Waals surface area contributed by atoms with Crippen LogP contribution in [0.15, 0.2) is 30.3 Å². The van der Waals surface area contributed by atoms with Crippen molar-refractivity contribution in [1.29, 1.82) is 0 Å². The van der Waals surface area contributed by atoms with Gasteiger partial charge in [-0.1, -0.05) is 32.0 Å². The maximum Gasteiger partial charge on any atom is 0.328 e. The number of benzene rings is 1. The molecule has 1 aromatic rings. The molecule has 1 atom stereocenters. The second kappa shape index (κ2) is 6.79. The maximum absolute atomic E-state index is 11.9. The van der Waals surface area contributed by atoms with Crippen molar-refractivity contribution in [2.24, 2.45) is 5.92 Å². The molecule has 0 spiro atoms. The standard InChI is InChI=1S/C14H19NO3/c1-4-18-14(17)12(10(2)3)15-13(16)11-8-6-5-7-9-11/h5-10,12H,4H2,1-3H3,(H,15,16)/t12-/m0/s1. The molecule has 4 nitrogen and oxygen atoms in total. The molecular formula is C14H19NO3. The Bertz CT molecular complexity index is 401. The zero-order valence-electron chi connectivity index (χ0n) is 11.0. The quantitative estimate of drug-likeness (QED) is 0.812. The van der Waals surface area contributed by atoms with Crippen LogP contribution >= 0.6 is 0 Å². The first kappa shape index (κ1) is 14.2. The van der Waals surface area contributed by atoms with E-state index in [0.717, 1.165) is 0 Å². The molecule has 1 amide bonds. The van der Waals surface area contributed by atoms with Crippen molar-refractivity contribution >= 4 is 11.9 Å². The molecule has 98 valence electrons. The monoisotopic (exact) mass is 249 g/mol. The molecule has 0 heterocycles. The smallest absolute Gasteiger partial charge is 0.328 e. The van der Waals surface area contributed by atoms with E-state index in [-0.39, 0.29) is 11.8 Å². The molecule has 0 fully saturated rings. The molecule has 0 saturated heterocycles. The van der Waals surface area contributed by atoms with E-state index >= 15 is 0 Å². The summed E-state index contributed by atoms with van der Waals surface area (Å²) in [4.78, 5) is 23.7. The fraction of sp³-hybridized carbons (Fsp3) is 0.429. The summed E-state index contributed by atoms with van der Waals surface area (Å²) in [6, 6.07) is 8.20. The average molecular weight is 249 g/mol. The zero-order valence-corrected chi connectivity index (χ0v) is 11.0. The van der Waals surface area contributed by atoms with Crippen LogP contribution in [-0.4, -0.2) is 24.5 Å². The van der Waals surface area contributed by atoms with Gasteiger partial charge in [-0.25, -0.2) is 4.79 Å². The van der Waals surface area contributed by atoms with Gasteiger partial charge in [0.2, 0.25) is 0 Å². The second-order valence-electron chi connectivity index (χ2n) is 4.31. The second-order valence-corrected chi connectivity index (χ2v) is 4.31. The van der Waals surface area contributed by atoms with Crippen LogP contribution in [0.5, 0.6) is 0 Å². The van der Waals surface area contributed by atoms with Gasteiger partial charge in [0.1, 0.15) is 6.04 Å². The van der Waals surface area contributed by atoms with Crippen LogP contribution in [0.3, 0.4) is 0 Å². The lowest BCUT2D eigenvalue weighted by Crippen LogP contribution is -2.45. The maximum atomic E-state index is 11.9. The number of hydrogen-bond donors (Lipinski definition) is 1. The summed E-state index contributed by atoms with van der Waals surface area (Å²) in [5, 5.41) is 2.70. The van der Waals surface area contributed by atoms with Crippen molar-refractivity contribution in [1.82, 2.24) is 5.32 Å². The summed E-state index contributed by atoms with van der Waals surface area (Å²) in [5.74, 6) is -0.671. The highest BCUT2D eigenvalue weighted by Gasteiger charge is 2.25. The Morgan fingerprint density at radius 2 is 1.83 bits per heavy atom. The van der Waals surface area contributed by atoms with Gasteiger partial charge in [0.15, 0.2) is 0 Å². The number of ether oxygens (including phenoxy) is 1. The van der Waals surface area contributed by atoms with Crippen molar-refractivity contribution in [2.45, 2.75) is 26.8 Å². The first-order valence-corrected chi connectivity index (χ1v) is 6.08. The Balaban J connectivity index is 2.73. The molecule has 0 aliphatic heterocycles. The lowest BCUT2D eigenvalue weighted by molar-refractivity contribution is -0.146. The topological polar surface area (TPSA) is 55.4 Å². The third-order valence-electron chi connectivity index (χ3n) is 2.53. The molecule has 0 aromatic heterocycles. The minimum Gasteiger partial charge on any atom is -0.464 e. The summed E-state index contributed by atoms with van der Waals surface area (Å²) in [7, 11) is 0. The van der Waals surface area contributed by atoms with Crippen molar-refractivity contribution < 1.29 is 14.3 Å². The Labute approximate surface area is 107 Å². The fourth-order valence-electron chi connectivity index (χ4n) is 1.54. The molecule has 18 heavy (non-hydrogen) atoms. The van der Waals surface area contributed by atoms with E-state index in [1.165, 1.54) is 0 Å². The number of hydrogen-bond acceptors (Lipinski definition) is 3. The first-order valence-electron chi connectivity index (χ1n) is 6.08. The molecule has 0 saturated carbocycles. The van der Waals surface area contributed by atoms with Crippen LogP contribution in [-0.2, 0) is 9.53 Å². The normalized spacial score (nSPS) is 12.0. The highest BCUT2D eigenvalue weighted by atomic mass is 16.5. The highest BCUT2D eigenvalue weighted by Crippen LogP contribution is 2.06. The first-order chi connectivity index (χ1) is 8.56. The lowest BCUT2D eigenvalue weighted by Gasteiger charge is -2.20. The third-order valence-corrected chi connectivity index (χ3v) is 2.53. The number of rotatable bonds is 5. The third kappa shape index (κ3) is 3.87. The van der Waals surface area contributed by atoms with Gasteiger partial charge >= 0.3 is 5.97 Å². The summed E-state index contributed by atoms with van der Waals surface area (Å²) < 4.78 is 4.95. The molecule has 1 aromatic carbocycles. The van der Waals surface area contributed by atoms with Crippen LogP contribution in [0.2, 0.25) is 0 Å². The Hall–Kier alpha value is -1.84. The summed E-state index contributed by atoms with van der Waals surface area (Å²) in [6.45, 7) is 5.79.